The number of benzene rings is 2. The molecule has 1 aliphatic rings. The molecule has 0 aromatic heterocycles. The Hall–Kier alpha value is -2.36. The van der Waals surface area contributed by atoms with Gasteiger partial charge in [0.2, 0.25) is 0 Å². The molecule has 2 aromatic carbocycles. The highest BCUT2D eigenvalue weighted by atomic mass is 35.5. The van der Waals surface area contributed by atoms with Crippen molar-refractivity contribution in [2.24, 2.45) is 0 Å². The van der Waals surface area contributed by atoms with E-state index >= 15 is 0 Å². The molecular weight excluding hydrogens is 445 g/mol. The molecule has 2 aromatic rings. The van der Waals surface area contributed by atoms with E-state index < -0.39 is 17.6 Å². The van der Waals surface area contributed by atoms with E-state index in [-0.39, 0.29) is 22.2 Å². The number of likely N-dealkylation sites (N-methyl/N-ethyl adjacent to an activating group) is 1. The number of alkyl halides is 3. The number of hydrogen-bond acceptors (Lipinski definition) is 4. The van der Waals surface area contributed by atoms with Crippen molar-refractivity contribution < 1.29 is 22.8 Å². The van der Waals surface area contributed by atoms with Crippen LogP contribution in [0.3, 0.4) is 0 Å². The third-order valence-corrected chi connectivity index (χ3v) is 5.81. The van der Waals surface area contributed by atoms with Crippen LogP contribution in [0, 0.1) is 0 Å². The maximum Gasteiger partial charge on any atom is 0.416 e. The van der Waals surface area contributed by atoms with Crippen LogP contribution in [0.15, 0.2) is 47.4 Å². The second kappa shape index (κ2) is 8.17. The Balaban J connectivity index is 1.77. The molecule has 150 valence electrons. The minimum absolute atomic E-state index is 0.00966. The molecule has 1 fully saturated rings. The summed E-state index contributed by atoms with van der Waals surface area (Å²) in [5.74, 6) is -0.821. The Morgan fingerprint density at radius 3 is 2.41 bits per heavy atom. The van der Waals surface area contributed by atoms with Gasteiger partial charge in [-0.05, 0) is 42.0 Å². The number of carbonyl (C=O) groups is 2. The largest absolute Gasteiger partial charge is 0.416 e. The molecule has 29 heavy (non-hydrogen) atoms. The van der Waals surface area contributed by atoms with Crippen LogP contribution in [-0.4, -0.2) is 28.1 Å². The van der Waals surface area contributed by atoms with Gasteiger partial charge in [0, 0.05) is 12.6 Å². The van der Waals surface area contributed by atoms with Crippen molar-refractivity contribution in [1.82, 2.24) is 4.90 Å². The predicted molar refractivity (Wildman–Crippen MR) is 112 cm³/mol. The lowest BCUT2D eigenvalue weighted by molar-refractivity contribution is -0.137. The fourth-order valence-electron chi connectivity index (χ4n) is 2.42. The zero-order valence-corrected chi connectivity index (χ0v) is 17.1. The Morgan fingerprint density at radius 2 is 1.86 bits per heavy atom. The molecular formula is C19H12ClF3N2O2S2. The van der Waals surface area contributed by atoms with Crippen LogP contribution in [0.5, 0.6) is 0 Å². The molecule has 0 unspecified atom stereocenters. The van der Waals surface area contributed by atoms with E-state index in [0.29, 0.717) is 14.8 Å². The standard InChI is InChI=1S/C19H12ClF3N2O2S2/c1-25-17(27)15(29-18(25)28)8-10-2-4-11(5-3-10)16(26)24-14-9-12(19(21,22)23)6-7-13(14)20/h2-9H,1H3,(H,24,26)/b15-8+. The molecule has 0 atom stereocenters. The van der Waals surface area contributed by atoms with Gasteiger partial charge in [0.05, 0.1) is 21.2 Å². The summed E-state index contributed by atoms with van der Waals surface area (Å²) in [5, 5.41) is 2.37. The zero-order chi connectivity index (χ0) is 21.3. The lowest BCUT2D eigenvalue weighted by Crippen LogP contribution is -2.22. The predicted octanol–water partition coefficient (Wildman–Crippen LogP) is 5.44. The van der Waals surface area contributed by atoms with E-state index in [4.69, 9.17) is 23.8 Å². The molecule has 1 aliphatic heterocycles. The van der Waals surface area contributed by atoms with Crippen LogP contribution in [0.2, 0.25) is 5.02 Å². The summed E-state index contributed by atoms with van der Waals surface area (Å²) in [5.41, 5.74) is -0.158. The van der Waals surface area contributed by atoms with Gasteiger partial charge in [0.15, 0.2) is 0 Å². The summed E-state index contributed by atoms with van der Waals surface area (Å²) in [6.07, 6.45) is -2.90. The van der Waals surface area contributed by atoms with Gasteiger partial charge in [0.25, 0.3) is 11.8 Å². The number of thiocarbonyl (C=S) groups is 1. The Morgan fingerprint density at radius 1 is 1.21 bits per heavy atom. The van der Waals surface area contributed by atoms with Gasteiger partial charge < -0.3 is 5.32 Å². The summed E-state index contributed by atoms with van der Waals surface area (Å²) in [4.78, 5) is 26.2. The van der Waals surface area contributed by atoms with Crippen molar-refractivity contribution in [3.63, 3.8) is 0 Å². The Kier molecular flexibility index (Phi) is 6.02. The molecule has 1 N–H and O–H groups in total. The molecule has 0 saturated carbocycles. The minimum atomic E-state index is -4.55. The van der Waals surface area contributed by atoms with Gasteiger partial charge in [0.1, 0.15) is 4.32 Å². The summed E-state index contributed by atoms with van der Waals surface area (Å²) in [7, 11) is 1.59. The molecule has 1 saturated heterocycles. The average molecular weight is 457 g/mol. The van der Waals surface area contributed by atoms with Gasteiger partial charge in [-0.15, -0.1) is 0 Å². The average Bonchev–Trinajstić information content (AvgIpc) is 2.90. The second-order valence-corrected chi connectivity index (χ2v) is 8.09. The van der Waals surface area contributed by atoms with Crippen molar-refractivity contribution in [2.75, 3.05) is 12.4 Å². The van der Waals surface area contributed by atoms with Gasteiger partial charge in [-0.3, -0.25) is 14.5 Å². The molecule has 3 rings (SSSR count). The molecule has 1 heterocycles. The van der Waals surface area contributed by atoms with Crippen molar-refractivity contribution in [2.45, 2.75) is 6.18 Å². The fourth-order valence-corrected chi connectivity index (χ4v) is 3.76. The van der Waals surface area contributed by atoms with Crippen molar-refractivity contribution in [3.05, 3.63) is 69.1 Å². The monoisotopic (exact) mass is 456 g/mol. The Labute approximate surface area is 178 Å². The normalized spacial score (nSPS) is 15.9. The number of amides is 2. The highest BCUT2D eigenvalue weighted by Crippen LogP contribution is 2.34. The first-order valence-electron chi connectivity index (χ1n) is 8.06. The van der Waals surface area contributed by atoms with Crippen molar-refractivity contribution >= 4 is 63.5 Å². The molecule has 0 spiro atoms. The number of anilines is 1. The van der Waals surface area contributed by atoms with E-state index in [1.165, 1.54) is 28.8 Å². The van der Waals surface area contributed by atoms with Gasteiger partial charge in [-0.2, -0.15) is 13.2 Å². The summed E-state index contributed by atoms with van der Waals surface area (Å²) in [6.45, 7) is 0. The van der Waals surface area contributed by atoms with Gasteiger partial charge in [-0.25, -0.2) is 0 Å². The van der Waals surface area contributed by atoms with Crippen LogP contribution < -0.4 is 5.32 Å². The molecule has 0 aliphatic carbocycles. The highest BCUT2D eigenvalue weighted by molar-refractivity contribution is 8.26. The number of halogens is 4. The first-order chi connectivity index (χ1) is 13.6. The SMILES string of the molecule is CN1C(=O)/C(=C\c2ccc(C(=O)Nc3cc(C(F)(F)F)ccc3Cl)cc2)SC1=S. The maximum absolute atomic E-state index is 12.8. The summed E-state index contributed by atoms with van der Waals surface area (Å²) in [6, 6.07) is 8.92. The van der Waals surface area contributed by atoms with E-state index in [1.54, 1.807) is 25.3 Å². The second-order valence-electron chi connectivity index (χ2n) is 6.01. The van der Waals surface area contributed by atoms with Crippen LogP contribution in [0.1, 0.15) is 21.5 Å². The van der Waals surface area contributed by atoms with Gasteiger partial charge >= 0.3 is 6.18 Å². The molecule has 4 nitrogen and oxygen atoms in total. The number of carbonyl (C=O) groups excluding carboxylic acids is 2. The number of nitrogens with zero attached hydrogens (tertiary/aromatic N) is 1. The Bertz CT molecular complexity index is 1040. The minimum Gasteiger partial charge on any atom is -0.321 e. The lowest BCUT2D eigenvalue weighted by atomic mass is 10.1. The lowest BCUT2D eigenvalue weighted by Gasteiger charge is -2.11. The summed E-state index contributed by atoms with van der Waals surface area (Å²) >= 11 is 12.1. The van der Waals surface area contributed by atoms with E-state index in [2.05, 4.69) is 5.32 Å². The van der Waals surface area contributed by atoms with Crippen LogP contribution in [-0.2, 0) is 11.0 Å². The topological polar surface area (TPSA) is 49.4 Å². The third kappa shape index (κ3) is 4.80. The first kappa shape index (κ1) is 21.4. The van der Waals surface area contributed by atoms with E-state index in [1.807, 2.05) is 0 Å². The number of rotatable bonds is 3. The fraction of sp³-hybridized carbons (Fsp3) is 0.105. The van der Waals surface area contributed by atoms with E-state index in [9.17, 15) is 22.8 Å². The quantitative estimate of drug-likeness (QED) is 0.493. The maximum atomic E-state index is 12.8. The van der Waals surface area contributed by atoms with Crippen LogP contribution in [0.25, 0.3) is 6.08 Å². The van der Waals surface area contributed by atoms with Crippen molar-refractivity contribution in [1.29, 1.82) is 0 Å². The van der Waals surface area contributed by atoms with Gasteiger partial charge in [-0.1, -0.05) is 47.7 Å². The van der Waals surface area contributed by atoms with E-state index in [0.717, 1.165) is 18.2 Å². The molecule has 2 amide bonds. The van der Waals surface area contributed by atoms with Crippen LogP contribution in [0.4, 0.5) is 18.9 Å². The van der Waals surface area contributed by atoms with Crippen LogP contribution >= 0.6 is 35.6 Å². The number of nitrogens with one attached hydrogen (secondary N) is 1. The molecule has 10 heteroatoms. The third-order valence-electron chi connectivity index (χ3n) is 4.00. The smallest absolute Gasteiger partial charge is 0.321 e. The van der Waals surface area contributed by atoms with Crippen molar-refractivity contribution in [3.8, 4) is 0 Å². The number of thioether (sulfide) groups is 1. The zero-order valence-electron chi connectivity index (χ0n) is 14.7. The molecule has 0 bridgehead atoms. The first-order valence-corrected chi connectivity index (χ1v) is 9.66. The molecule has 0 radical (unpaired) electrons. The summed E-state index contributed by atoms with van der Waals surface area (Å²) < 4.78 is 39.0. The highest BCUT2D eigenvalue weighted by Gasteiger charge is 2.31. The number of hydrogen-bond donors (Lipinski definition) is 1.